The molecule has 1 aromatic carbocycles. The van der Waals surface area contributed by atoms with Crippen molar-refractivity contribution >= 4 is 27.5 Å². The van der Waals surface area contributed by atoms with Gasteiger partial charge in [0.1, 0.15) is 11.4 Å². The smallest absolute Gasteiger partial charge is 0.406 e. The normalized spacial score (nSPS) is 11.3. The number of hydrogen-bond acceptors (Lipinski definition) is 2. The SMILES string of the molecule is Cn1cc(Br)cc1C(=O)Nc1cccc(OC(F)(F)F)c1. The second-order valence-electron chi connectivity index (χ2n) is 4.18. The van der Waals surface area contributed by atoms with Crippen LogP contribution >= 0.6 is 15.9 Å². The Labute approximate surface area is 126 Å². The summed E-state index contributed by atoms with van der Waals surface area (Å²) in [6.07, 6.45) is -3.08. The number of halogens is 4. The number of hydrogen-bond donors (Lipinski definition) is 1. The summed E-state index contributed by atoms with van der Waals surface area (Å²) in [6, 6.07) is 6.69. The fourth-order valence-corrected chi connectivity index (χ4v) is 2.24. The molecule has 1 N–H and O–H groups in total. The summed E-state index contributed by atoms with van der Waals surface area (Å²) < 4.78 is 42.5. The molecular formula is C13H10BrF3N2O2. The fourth-order valence-electron chi connectivity index (χ4n) is 1.72. The second kappa shape index (κ2) is 5.80. The summed E-state index contributed by atoms with van der Waals surface area (Å²) in [6.45, 7) is 0. The monoisotopic (exact) mass is 362 g/mol. The van der Waals surface area contributed by atoms with E-state index >= 15 is 0 Å². The third kappa shape index (κ3) is 4.25. The maximum atomic E-state index is 12.1. The molecule has 0 saturated carbocycles. The zero-order chi connectivity index (χ0) is 15.6. The topological polar surface area (TPSA) is 43.3 Å². The molecule has 0 radical (unpaired) electrons. The highest BCUT2D eigenvalue weighted by Gasteiger charge is 2.31. The van der Waals surface area contributed by atoms with Crippen molar-refractivity contribution in [1.29, 1.82) is 0 Å². The van der Waals surface area contributed by atoms with Gasteiger partial charge in [-0.05, 0) is 34.1 Å². The highest BCUT2D eigenvalue weighted by molar-refractivity contribution is 9.10. The molecule has 1 heterocycles. The van der Waals surface area contributed by atoms with Gasteiger partial charge in [-0.2, -0.15) is 0 Å². The predicted molar refractivity (Wildman–Crippen MR) is 74.2 cm³/mol. The Balaban J connectivity index is 2.14. The van der Waals surface area contributed by atoms with Crippen LogP contribution in [0.15, 0.2) is 41.0 Å². The number of nitrogens with zero attached hydrogens (tertiary/aromatic N) is 1. The van der Waals surface area contributed by atoms with Gasteiger partial charge in [0.2, 0.25) is 0 Å². The van der Waals surface area contributed by atoms with E-state index in [1.54, 1.807) is 23.9 Å². The summed E-state index contributed by atoms with van der Waals surface area (Å²) in [5, 5.41) is 2.51. The number of ether oxygens (including phenoxy) is 1. The summed E-state index contributed by atoms with van der Waals surface area (Å²) in [5.41, 5.74) is 0.572. The third-order valence-corrected chi connectivity index (χ3v) is 2.96. The molecule has 0 aliphatic rings. The Morgan fingerprint density at radius 1 is 1.33 bits per heavy atom. The quantitative estimate of drug-likeness (QED) is 0.898. The van der Waals surface area contributed by atoms with Crippen LogP contribution in [0.3, 0.4) is 0 Å². The van der Waals surface area contributed by atoms with Crippen molar-refractivity contribution in [2.24, 2.45) is 7.05 Å². The van der Waals surface area contributed by atoms with Crippen molar-refractivity contribution in [3.05, 3.63) is 46.7 Å². The van der Waals surface area contributed by atoms with E-state index in [9.17, 15) is 18.0 Å². The van der Waals surface area contributed by atoms with Gasteiger partial charge in [-0.1, -0.05) is 6.07 Å². The molecule has 2 aromatic rings. The van der Waals surface area contributed by atoms with E-state index in [1.807, 2.05) is 0 Å². The Hall–Kier alpha value is -1.96. The lowest BCUT2D eigenvalue weighted by atomic mass is 10.3. The van der Waals surface area contributed by atoms with Crippen LogP contribution in [0.2, 0.25) is 0 Å². The van der Waals surface area contributed by atoms with E-state index < -0.39 is 18.0 Å². The van der Waals surface area contributed by atoms with Crippen LogP contribution in [0.4, 0.5) is 18.9 Å². The van der Waals surface area contributed by atoms with Crippen LogP contribution in [-0.4, -0.2) is 16.8 Å². The average molecular weight is 363 g/mol. The molecule has 0 saturated heterocycles. The number of amides is 1. The van der Waals surface area contributed by atoms with Gasteiger partial charge in [0.05, 0.1) is 0 Å². The first kappa shape index (κ1) is 15.4. The van der Waals surface area contributed by atoms with Crippen molar-refractivity contribution in [2.75, 3.05) is 5.32 Å². The molecule has 0 fully saturated rings. The molecule has 0 spiro atoms. The average Bonchev–Trinajstić information content (AvgIpc) is 2.66. The minimum atomic E-state index is -4.77. The van der Waals surface area contributed by atoms with Gasteiger partial charge < -0.3 is 14.6 Å². The Morgan fingerprint density at radius 2 is 2.05 bits per heavy atom. The number of aromatic nitrogens is 1. The van der Waals surface area contributed by atoms with Crippen molar-refractivity contribution in [2.45, 2.75) is 6.36 Å². The number of anilines is 1. The van der Waals surface area contributed by atoms with Gasteiger partial charge >= 0.3 is 6.36 Å². The van der Waals surface area contributed by atoms with Crippen molar-refractivity contribution in [3.8, 4) is 5.75 Å². The molecule has 0 unspecified atom stereocenters. The van der Waals surface area contributed by atoms with E-state index in [-0.39, 0.29) is 5.69 Å². The Morgan fingerprint density at radius 3 is 2.62 bits per heavy atom. The van der Waals surface area contributed by atoms with Crippen LogP contribution < -0.4 is 10.1 Å². The second-order valence-corrected chi connectivity index (χ2v) is 5.10. The van der Waals surface area contributed by atoms with E-state index in [4.69, 9.17) is 0 Å². The van der Waals surface area contributed by atoms with E-state index in [1.165, 1.54) is 12.1 Å². The lowest BCUT2D eigenvalue weighted by Crippen LogP contribution is -2.18. The molecular weight excluding hydrogens is 353 g/mol. The molecule has 0 aliphatic carbocycles. The van der Waals surface area contributed by atoms with Crippen LogP contribution in [-0.2, 0) is 7.05 Å². The largest absolute Gasteiger partial charge is 0.573 e. The Kier molecular flexibility index (Phi) is 4.26. The van der Waals surface area contributed by atoms with E-state index in [2.05, 4.69) is 26.0 Å². The molecule has 2 rings (SSSR count). The molecule has 8 heteroatoms. The van der Waals surface area contributed by atoms with Gasteiger partial charge in [0.25, 0.3) is 5.91 Å². The van der Waals surface area contributed by atoms with Crippen molar-refractivity contribution in [1.82, 2.24) is 4.57 Å². The number of carbonyl (C=O) groups excluding carboxylic acids is 1. The molecule has 112 valence electrons. The van der Waals surface area contributed by atoms with Crippen molar-refractivity contribution < 1.29 is 22.7 Å². The lowest BCUT2D eigenvalue weighted by Gasteiger charge is -2.11. The van der Waals surface area contributed by atoms with Gasteiger partial charge in [-0.25, -0.2) is 0 Å². The maximum absolute atomic E-state index is 12.1. The highest BCUT2D eigenvalue weighted by atomic mass is 79.9. The van der Waals surface area contributed by atoms with Crippen LogP contribution in [0.1, 0.15) is 10.5 Å². The minimum Gasteiger partial charge on any atom is -0.406 e. The molecule has 1 amide bonds. The third-order valence-electron chi connectivity index (χ3n) is 2.53. The maximum Gasteiger partial charge on any atom is 0.573 e. The molecule has 0 aliphatic heterocycles. The van der Waals surface area contributed by atoms with Crippen LogP contribution in [0, 0.1) is 0 Å². The minimum absolute atomic E-state index is 0.207. The number of nitrogens with one attached hydrogen (secondary N) is 1. The highest BCUT2D eigenvalue weighted by Crippen LogP contribution is 2.25. The molecule has 21 heavy (non-hydrogen) atoms. The van der Waals surface area contributed by atoms with Gasteiger partial charge in [0.15, 0.2) is 0 Å². The molecule has 0 atom stereocenters. The predicted octanol–water partition coefficient (Wildman–Crippen LogP) is 3.94. The van der Waals surface area contributed by atoms with Gasteiger partial charge in [0, 0.05) is 29.5 Å². The fraction of sp³-hybridized carbons (Fsp3) is 0.154. The Bertz CT molecular complexity index is 668. The van der Waals surface area contributed by atoms with Crippen LogP contribution in [0.25, 0.3) is 0 Å². The number of rotatable bonds is 3. The zero-order valence-corrected chi connectivity index (χ0v) is 12.3. The number of aryl methyl sites for hydroxylation is 1. The van der Waals surface area contributed by atoms with Gasteiger partial charge in [-0.15, -0.1) is 13.2 Å². The summed E-state index contributed by atoms with van der Waals surface area (Å²) in [7, 11) is 1.68. The number of alkyl halides is 3. The van der Waals surface area contributed by atoms with Gasteiger partial charge in [-0.3, -0.25) is 4.79 Å². The van der Waals surface area contributed by atoms with Crippen LogP contribution in [0.5, 0.6) is 5.75 Å². The zero-order valence-electron chi connectivity index (χ0n) is 10.7. The summed E-state index contributed by atoms with van der Waals surface area (Å²) >= 11 is 3.24. The first-order valence-corrected chi connectivity index (χ1v) is 6.53. The van der Waals surface area contributed by atoms with E-state index in [0.717, 1.165) is 16.6 Å². The molecule has 1 aromatic heterocycles. The van der Waals surface area contributed by atoms with E-state index in [0.29, 0.717) is 5.69 Å². The molecule has 4 nitrogen and oxygen atoms in total. The molecule has 0 bridgehead atoms. The summed E-state index contributed by atoms with van der Waals surface area (Å²) in [4.78, 5) is 12.0. The first-order chi connectivity index (χ1) is 9.74. The number of carbonyl (C=O) groups is 1. The standard InChI is InChI=1S/C13H10BrF3N2O2/c1-19-7-8(14)5-11(19)12(20)18-9-3-2-4-10(6-9)21-13(15,16)17/h2-7H,1H3,(H,18,20). The first-order valence-electron chi connectivity index (χ1n) is 5.73. The number of benzene rings is 1. The summed E-state index contributed by atoms with van der Waals surface area (Å²) in [5.74, 6) is -0.833. The van der Waals surface area contributed by atoms with Crippen molar-refractivity contribution in [3.63, 3.8) is 0 Å². The lowest BCUT2D eigenvalue weighted by molar-refractivity contribution is -0.274.